The van der Waals surface area contributed by atoms with E-state index in [9.17, 15) is 9.59 Å². The van der Waals surface area contributed by atoms with Crippen molar-refractivity contribution in [2.75, 3.05) is 0 Å². The van der Waals surface area contributed by atoms with Gasteiger partial charge in [0.1, 0.15) is 0 Å². The van der Waals surface area contributed by atoms with Crippen LogP contribution in [0, 0.1) is 0 Å². The zero-order valence-electron chi connectivity index (χ0n) is 10.6. The van der Waals surface area contributed by atoms with Crippen LogP contribution in [0.1, 0.15) is 31.4 Å². The molecule has 19 heavy (non-hydrogen) atoms. The third-order valence-electron chi connectivity index (χ3n) is 2.71. The van der Waals surface area contributed by atoms with E-state index in [4.69, 9.17) is 22.4 Å². The summed E-state index contributed by atoms with van der Waals surface area (Å²) >= 11 is 5.87. The molecular formula is C13H17ClN2O3. The molecule has 0 saturated heterocycles. The number of carboxylic acid groups (broad SMARTS) is 1. The molecule has 0 aliphatic carbocycles. The van der Waals surface area contributed by atoms with Gasteiger partial charge in [0.25, 0.3) is 0 Å². The lowest BCUT2D eigenvalue weighted by molar-refractivity contribution is -0.137. The Morgan fingerprint density at radius 3 is 2.74 bits per heavy atom. The molecule has 0 aromatic heterocycles. The third-order valence-corrected chi connectivity index (χ3v) is 2.95. The van der Waals surface area contributed by atoms with Gasteiger partial charge < -0.3 is 16.2 Å². The third kappa shape index (κ3) is 5.28. The van der Waals surface area contributed by atoms with Crippen molar-refractivity contribution in [1.29, 1.82) is 0 Å². The van der Waals surface area contributed by atoms with Crippen LogP contribution in [-0.4, -0.2) is 23.0 Å². The summed E-state index contributed by atoms with van der Waals surface area (Å²) in [6, 6.07) is 6.09. The monoisotopic (exact) mass is 284 g/mol. The fourth-order valence-electron chi connectivity index (χ4n) is 1.59. The van der Waals surface area contributed by atoms with Gasteiger partial charge in [-0.25, -0.2) is 0 Å². The SMILES string of the molecule is C[C@H](NC(=O)C(N)CCC(=O)O)c1cccc(Cl)c1. The molecule has 1 unspecified atom stereocenters. The van der Waals surface area contributed by atoms with Crippen LogP contribution >= 0.6 is 11.6 Å². The molecule has 2 atom stereocenters. The predicted octanol–water partition coefficient (Wildman–Crippen LogP) is 1.71. The Balaban J connectivity index is 2.54. The van der Waals surface area contributed by atoms with Gasteiger partial charge in [-0.3, -0.25) is 9.59 Å². The highest BCUT2D eigenvalue weighted by Crippen LogP contribution is 2.17. The minimum absolute atomic E-state index is 0.115. The Morgan fingerprint density at radius 2 is 2.16 bits per heavy atom. The quantitative estimate of drug-likeness (QED) is 0.741. The zero-order chi connectivity index (χ0) is 14.4. The standard InChI is InChI=1S/C13H17ClN2O3/c1-8(9-3-2-4-10(14)7-9)16-13(19)11(15)5-6-12(17)18/h2-4,7-8,11H,5-6,15H2,1H3,(H,16,19)(H,17,18)/t8-,11?/m0/s1. The fraction of sp³-hybridized carbons (Fsp3) is 0.385. The maximum absolute atomic E-state index is 11.8. The molecule has 0 heterocycles. The molecule has 1 aromatic rings. The summed E-state index contributed by atoms with van der Waals surface area (Å²) in [6.07, 6.45) is -0.0104. The highest BCUT2D eigenvalue weighted by atomic mass is 35.5. The molecule has 0 aliphatic rings. The predicted molar refractivity (Wildman–Crippen MR) is 72.9 cm³/mol. The number of nitrogens with one attached hydrogen (secondary N) is 1. The molecule has 5 nitrogen and oxygen atoms in total. The summed E-state index contributed by atoms with van der Waals surface area (Å²) in [4.78, 5) is 22.2. The first-order valence-corrected chi connectivity index (χ1v) is 6.31. The van der Waals surface area contributed by atoms with Gasteiger partial charge in [0.2, 0.25) is 5.91 Å². The molecule has 0 radical (unpaired) electrons. The van der Waals surface area contributed by atoms with E-state index in [2.05, 4.69) is 5.32 Å². The molecular weight excluding hydrogens is 268 g/mol. The van der Waals surface area contributed by atoms with E-state index in [-0.39, 0.29) is 24.8 Å². The van der Waals surface area contributed by atoms with E-state index in [1.165, 1.54) is 0 Å². The lowest BCUT2D eigenvalue weighted by Gasteiger charge is -2.17. The van der Waals surface area contributed by atoms with Crippen molar-refractivity contribution < 1.29 is 14.7 Å². The summed E-state index contributed by atoms with van der Waals surface area (Å²) in [5.74, 6) is -1.33. The summed E-state index contributed by atoms with van der Waals surface area (Å²) in [5.41, 5.74) is 6.49. The Bertz CT molecular complexity index is 465. The van der Waals surface area contributed by atoms with Gasteiger partial charge in [-0.15, -0.1) is 0 Å². The lowest BCUT2D eigenvalue weighted by Crippen LogP contribution is -2.41. The summed E-state index contributed by atoms with van der Waals surface area (Å²) in [7, 11) is 0. The van der Waals surface area contributed by atoms with Crippen LogP contribution in [0.2, 0.25) is 5.02 Å². The summed E-state index contributed by atoms with van der Waals surface area (Å²) in [5, 5.41) is 11.9. The summed E-state index contributed by atoms with van der Waals surface area (Å²) in [6.45, 7) is 1.81. The average Bonchev–Trinajstić information content (AvgIpc) is 2.35. The number of halogens is 1. The van der Waals surface area contributed by atoms with Crippen molar-refractivity contribution in [3.63, 3.8) is 0 Å². The molecule has 4 N–H and O–H groups in total. The smallest absolute Gasteiger partial charge is 0.303 e. The topological polar surface area (TPSA) is 92.4 Å². The average molecular weight is 285 g/mol. The van der Waals surface area contributed by atoms with Crippen molar-refractivity contribution in [2.24, 2.45) is 5.73 Å². The number of amides is 1. The fourth-order valence-corrected chi connectivity index (χ4v) is 1.79. The van der Waals surface area contributed by atoms with Crippen LogP contribution in [0.4, 0.5) is 0 Å². The Kier molecular flexibility index (Phi) is 5.79. The van der Waals surface area contributed by atoms with Crippen molar-refractivity contribution in [3.8, 4) is 0 Å². The maximum atomic E-state index is 11.8. The van der Waals surface area contributed by atoms with E-state index in [1.54, 1.807) is 18.2 Å². The number of aliphatic carboxylic acids is 1. The number of nitrogens with two attached hydrogens (primary N) is 1. The van der Waals surface area contributed by atoms with E-state index >= 15 is 0 Å². The highest BCUT2D eigenvalue weighted by Gasteiger charge is 2.17. The molecule has 0 aliphatic heterocycles. The van der Waals surface area contributed by atoms with E-state index in [0.717, 1.165) is 5.56 Å². The first-order valence-electron chi connectivity index (χ1n) is 5.93. The van der Waals surface area contributed by atoms with Crippen molar-refractivity contribution in [1.82, 2.24) is 5.32 Å². The number of rotatable bonds is 6. The van der Waals surface area contributed by atoms with Gasteiger partial charge in [-0.05, 0) is 31.0 Å². The van der Waals surface area contributed by atoms with Crippen molar-refractivity contribution >= 4 is 23.5 Å². The molecule has 1 amide bonds. The Morgan fingerprint density at radius 1 is 1.47 bits per heavy atom. The van der Waals surface area contributed by atoms with Crippen LogP contribution in [0.15, 0.2) is 24.3 Å². The van der Waals surface area contributed by atoms with Crippen molar-refractivity contribution in [3.05, 3.63) is 34.9 Å². The van der Waals surface area contributed by atoms with Crippen LogP contribution < -0.4 is 11.1 Å². The second-order valence-electron chi connectivity index (χ2n) is 4.32. The number of benzene rings is 1. The van der Waals surface area contributed by atoms with Gasteiger partial charge in [0.05, 0.1) is 12.1 Å². The first kappa shape index (κ1) is 15.5. The largest absolute Gasteiger partial charge is 0.481 e. The van der Waals surface area contributed by atoms with Gasteiger partial charge in [0.15, 0.2) is 0 Å². The number of hydrogen-bond donors (Lipinski definition) is 3. The molecule has 1 rings (SSSR count). The second kappa shape index (κ2) is 7.11. The second-order valence-corrected chi connectivity index (χ2v) is 4.76. The minimum Gasteiger partial charge on any atom is -0.481 e. The molecule has 1 aromatic carbocycles. The molecule has 0 bridgehead atoms. The molecule has 0 spiro atoms. The number of carboxylic acids is 1. The number of carbonyl (C=O) groups is 2. The van der Waals surface area contributed by atoms with E-state index in [1.807, 2.05) is 13.0 Å². The molecule has 0 saturated carbocycles. The summed E-state index contributed by atoms with van der Waals surface area (Å²) < 4.78 is 0. The van der Waals surface area contributed by atoms with Crippen molar-refractivity contribution in [2.45, 2.75) is 31.8 Å². The van der Waals surface area contributed by atoms with Gasteiger partial charge >= 0.3 is 5.97 Å². The molecule has 0 fully saturated rings. The Hall–Kier alpha value is -1.59. The lowest BCUT2D eigenvalue weighted by atomic mass is 10.1. The normalized spacial score (nSPS) is 13.6. The van der Waals surface area contributed by atoms with Gasteiger partial charge in [-0.2, -0.15) is 0 Å². The van der Waals surface area contributed by atoms with Crippen LogP contribution in [0.3, 0.4) is 0 Å². The van der Waals surface area contributed by atoms with E-state index < -0.39 is 12.0 Å². The van der Waals surface area contributed by atoms with Crippen LogP contribution in [0.25, 0.3) is 0 Å². The van der Waals surface area contributed by atoms with E-state index in [0.29, 0.717) is 5.02 Å². The minimum atomic E-state index is -0.967. The van der Waals surface area contributed by atoms with Crippen LogP contribution in [0.5, 0.6) is 0 Å². The van der Waals surface area contributed by atoms with Gasteiger partial charge in [0, 0.05) is 11.4 Å². The number of hydrogen-bond acceptors (Lipinski definition) is 3. The number of carbonyl (C=O) groups excluding carboxylic acids is 1. The zero-order valence-corrected chi connectivity index (χ0v) is 11.4. The van der Waals surface area contributed by atoms with Crippen LogP contribution in [-0.2, 0) is 9.59 Å². The Labute approximate surface area is 116 Å². The first-order chi connectivity index (χ1) is 8.90. The maximum Gasteiger partial charge on any atom is 0.303 e. The van der Waals surface area contributed by atoms with Gasteiger partial charge in [-0.1, -0.05) is 23.7 Å². The molecule has 6 heteroatoms. The molecule has 104 valence electrons. The highest BCUT2D eigenvalue weighted by molar-refractivity contribution is 6.30.